The Balaban J connectivity index is 1.83. The van der Waals surface area contributed by atoms with Crippen LogP contribution in [0.3, 0.4) is 0 Å². The summed E-state index contributed by atoms with van der Waals surface area (Å²) in [6.45, 7) is 8.07. The van der Waals surface area contributed by atoms with E-state index < -0.39 is 16.1 Å². The maximum absolute atomic E-state index is 12.8. The van der Waals surface area contributed by atoms with Crippen LogP contribution in [0.25, 0.3) is 0 Å². The van der Waals surface area contributed by atoms with Crippen LogP contribution in [-0.2, 0) is 20.2 Å². The van der Waals surface area contributed by atoms with Gasteiger partial charge in [0, 0.05) is 6.04 Å². The van der Waals surface area contributed by atoms with Gasteiger partial charge < -0.3 is 15.0 Å². The number of nitrogens with one attached hydrogen (secondary N) is 1. The molecule has 1 aromatic rings. The lowest BCUT2D eigenvalue weighted by Crippen LogP contribution is -2.53. The standard InChI is InChI=1S/C20H31N3O4S/c1-20(2,3)14-6-7-17-16(12-14)23(28(5,25)26)13-18(27-17)19(24)21-15-8-10-22(4)11-9-15/h6-7,12,15,18H,8-11,13H2,1-5H3,(H,21,24)/t18-/m1/s1. The molecule has 28 heavy (non-hydrogen) atoms. The van der Waals surface area contributed by atoms with Gasteiger partial charge in [-0.1, -0.05) is 26.8 Å². The zero-order valence-corrected chi connectivity index (χ0v) is 18.2. The Morgan fingerprint density at radius 1 is 1.21 bits per heavy atom. The number of likely N-dealkylation sites (tertiary alicyclic amines) is 1. The fourth-order valence-electron chi connectivity index (χ4n) is 3.62. The highest BCUT2D eigenvalue weighted by Crippen LogP contribution is 2.38. The molecule has 1 saturated heterocycles. The molecule has 0 spiro atoms. The van der Waals surface area contributed by atoms with Crippen LogP contribution in [-0.4, -0.2) is 64.3 Å². The molecule has 0 saturated carbocycles. The fourth-order valence-corrected chi connectivity index (χ4v) is 4.52. The number of amides is 1. The van der Waals surface area contributed by atoms with Gasteiger partial charge in [0.15, 0.2) is 6.10 Å². The number of carbonyl (C=O) groups excluding carboxylic acids is 1. The van der Waals surface area contributed by atoms with Gasteiger partial charge >= 0.3 is 0 Å². The van der Waals surface area contributed by atoms with Crippen LogP contribution in [0.4, 0.5) is 5.69 Å². The average molecular weight is 410 g/mol. The minimum atomic E-state index is -3.54. The summed E-state index contributed by atoms with van der Waals surface area (Å²) < 4.78 is 32.1. The first-order chi connectivity index (χ1) is 12.9. The minimum Gasteiger partial charge on any atom is -0.476 e. The lowest BCUT2D eigenvalue weighted by Gasteiger charge is -2.36. The Morgan fingerprint density at radius 2 is 1.86 bits per heavy atom. The van der Waals surface area contributed by atoms with E-state index >= 15 is 0 Å². The van der Waals surface area contributed by atoms with E-state index in [-0.39, 0.29) is 23.9 Å². The number of hydrogen-bond acceptors (Lipinski definition) is 5. The van der Waals surface area contributed by atoms with E-state index in [1.54, 1.807) is 6.07 Å². The highest BCUT2D eigenvalue weighted by molar-refractivity contribution is 7.92. The van der Waals surface area contributed by atoms with Gasteiger partial charge in [-0.15, -0.1) is 0 Å². The molecular weight excluding hydrogens is 378 g/mol. The number of sulfonamides is 1. The van der Waals surface area contributed by atoms with Gasteiger partial charge in [-0.3, -0.25) is 9.10 Å². The van der Waals surface area contributed by atoms with Gasteiger partial charge in [-0.25, -0.2) is 8.42 Å². The largest absolute Gasteiger partial charge is 0.476 e. The maximum Gasteiger partial charge on any atom is 0.263 e. The van der Waals surface area contributed by atoms with Crippen LogP contribution in [0.2, 0.25) is 0 Å². The molecule has 1 amide bonds. The summed E-state index contributed by atoms with van der Waals surface area (Å²) in [5.74, 6) is 0.168. The van der Waals surface area contributed by atoms with Crippen molar-refractivity contribution in [1.29, 1.82) is 0 Å². The SMILES string of the molecule is CN1CCC(NC(=O)[C@H]2CN(S(C)(=O)=O)c3cc(C(C)(C)C)ccc3O2)CC1. The molecule has 0 aromatic heterocycles. The molecule has 0 aliphatic carbocycles. The molecule has 1 aromatic carbocycles. The number of benzene rings is 1. The fraction of sp³-hybridized carbons (Fsp3) is 0.650. The number of ether oxygens (including phenoxy) is 1. The molecular formula is C20H31N3O4S. The Hall–Kier alpha value is -1.80. The quantitative estimate of drug-likeness (QED) is 0.822. The number of nitrogens with zero attached hydrogens (tertiary/aromatic N) is 2. The van der Waals surface area contributed by atoms with Gasteiger partial charge in [0.2, 0.25) is 10.0 Å². The summed E-state index contributed by atoms with van der Waals surface area (Å²) in [5.41, 5.74) is 1.39. The molecule has 7 nitrogen and oxygen atoms in total. The summed E-state index contributed by atoms with van der Waals surface area (Å²) in [5, 5.41) is 3.04. The number of rotatable bonds is 3. The Morgan fingerprint density at radius 3 is 2.43 bits per heavy atom. The van der Waals surface area contributed by atoms with Gasteiger partial charge in [-0.2, -0.15) is 0 Å². The predicted octanol–water partition coefficient (Wildman–Crippen LogP) is 1.72. The number of piperidine rings is 1. The summed E-state index contributed by atoms with van der Waals surface area (Å²) >= 11 is 0. The van der Waals surface area contributed by atoms with E-state index in [4.69, 9.17) is 4.74 Å². The molecule has 2 heterocycles. The highest BCUT2D eigenvalue weighted by Gasteiger charge is 2.36. The van der Waals surface area contributed by atoms with Crippen molar-refractivity contribution in [3.05, 3.63) is 23.8 Å². The van der Waals surface area contributed by atoms with E-state index in [1.807, 2.05) is 12.1 Å². The topological polar surface area (TPSA) is 79.0 Å². The van der Waals surface area contributed by atoms with Crippen LogP contribution in [0.5, 0.6) is 5.75 Å². The van der Waals surface area contributed by atoms with Crippen molar-refractivity contribution in [2.24, 2.45) is 0 Å². The summed E-state index contributed by atoms with van der Waals surface area (Å²) in [4.78, 5) is 15.0. The minimum absolute atomic E-state index is 0.0160. The molecule has 0 radical (unpaired) electrons. The zero-order chi connectivity index (χ0) is 20.7. The second kappa shape index (κ2) is 7.55. The third kappa shape index (κ3) is 4.60. The first-order valence-corrected chi connectivity index (χ1v) is 11.6. The van der Waals surface area contributed by atoms with Crippen LogP contribution < -0.4 is 14.4 Å². The van der Waals surface area contributed by atoms with E-state index in [2.05, 4.69) is 38.0 Å². The van der Waals surface area contributed by atoms with E-state index in [0.29, 0.717) is 11.4 Å². The van der Waals surface area contributed by atoms with Crippen molar-refractivity contribution < 1.29 is 17.9 Å². The molecule has 2 aliphatic rings. The Bertz CT molecular complexity index is 839. The molecule has 0 bridgehead atoms. The van der Waals surface area contributed by atoms with Crippen LogP contribution >= 0.6 is 0 Å². The lowest BCUT2D eigenvalue weighted by molar-refractivity contribution is -0.128. The number of anilines is 1. The lowest BCUT2D eigenvalue weighted by atomic mass is 9.86. The molecule has 1 fully saturated rings. The van der Waals surface area contributed by atoms with E-state index in [0.717, 1.165) is 37.8 Å². The van der Waals surface area contributed by atoms with Crippen molar-refractivity contribution in [3.63, 3.8) is 0 Å². The number of fused-ring (bicyclic) bond motifs is 1. The van der Waals surface area contributed by atoms with E-state index in [9.17, 15) is 13.2 Å². The Labute approximate surface area is 168 Å². The third-order valence-electron chi connectivity index (χ3n) is 5.45. The molecule has 3 rings (SSSR count). The van der Waals surface area contributed by atoms with Crippen LogP contribution in [0, 0.1) is 0 Å². The zero-order valence-electron chi connectivity index (χ0n) is 17.4. The molecule has 2 aliphatic heterocycles. The maximum atomic E-state index is 12.8. The molecule has 1 N–H and O–H groups in total. The number of carbonyl (C=O) groups is 1. The first-order valence-electron chi connectivity index (χ1n) is 9.73. The van der Waals surface area contributed by atoms with E-state index in [1.165, 1.54) is 4.31 Å². The van der Waals surface area contributed by atoms with Crippen LogP contribution in [0.1, 0.15) is 39.2 Å². The van der Waals surface area contributed by atoms with Crippen molar-refractivity contribution in [2.75, 3.05) is 37.2 Å². The van der Waals surface area contributed by atoms with Crippen molar-refractivity contribution in [3.8, 4) is 5.75 Å². The van der Waals surface area contributed by atoms with Gasteiger partial charge in [0.1, 0.15) is 5.75 Å². The van der Waals surface area contributed by atoms with Gasteiger partial charge in [0.25, 0.3) is 5.91 Å². The normalized spacial score (nSPS) is 21.8. The van der Waals surface area contributed by atoms with Crippen LogP contribution in [0.15, 0.2) is 18.2 Å². The van der Waals surface area contributed by atoms with Crippen molar-refractivity contribution in [1.82, 2.24) is 10.2 Å². The summed E-state index contributed by atoms with van der Waals surface area (Å²) in [6, 6.07) is 5.64. The van der Waals surface area contributed by atoms with Gasteiger partial charge in [0.05, 0.1) is 18.5 Å². The summed E-state index contributed by atoms with van der Waals surface area (Å²) in [6.07, 6.45) is 2.08. The molecule has 8 heteroatoms. The first kappa shape index (κ1) is 20.9. The van der Waals surface area contributed by atoms with Crippen molar-refractivity contribution in [2.45, 2.75) is 51.2 Å². The molecule has 156 valence electrons. The highest BCUT2D eigenvalue weighted by atomic mass is 32.2. The predicted molar refractivity (Wildman–Crippen MR) is 110 cm³/mol. The van der Waals surface area contributed by atoms with Gasteiger partial charge in [-0.05, 0) is 56.1 Å². The smallest absolute Gasteiger partial charge is 0.263 e. The number of hydrogen-bond donors (Lipinski definition) is 1. The third-order valence-corrected chi connectivity index (χ3v) is 6.60. The second-order valence-electron chi connectivity index (χ2n) is 8.92. The average Bonchev–Trinajstić information content (AvgIpc) is 2.60. The monoisotopic (exact) mass is 409 g/mol. The molecule has 1 atom stereocenters. The molecule has 0 unspecified atom stereocenters. The Kier molecular flexibility index (Phi) is 5.64. The summed E-state index contributed by atoms with van der Waals surface area (Å²) in [7, 11) is -1.48. The van der Waals surface area contributed by atoms with Crippen molar-refractivity contribution >= 4 is 21.6 Å². The second-order valence-corrected chi connectivity index (χ2v) is 10.8.